The van der Waals surface area contributed by atoms with Crippen LogP contribution in [0.5, 0.6) is 0 Å². The first-order valence-electron chi connectivity index (χ1n) is 10.6. The van der Waals surface area contributed by atoms with Gasteiger partial charge in [0, 0.05) is 30.0 Å². The van der Waals surface area contributed by atoms with Crippen molar-refractivity contribution in [3.63, 3.8) is 0 Å². The number of hydrogen-bond donors (Lipinski definition) is 0. The third kappa shape index (κ3) is 6.20. The summed E-state index contributed by atoms with van der Waals surface area (Å²) < 4.78 is 7.47. The minimum Gasteiger partial charge on any atom is -0.379 e. The van der Waals surface area contributed by atoms with Gasteiger partial charge in [-0.25, -0.2) is 4.98 Å². The van der Waals surface area contributed by atoms with Crippen molar-refractivity contribution < 1.29 is 4.74 Å². The Bertz CT molecular complexity index is 871. The molecule has 29 heavy (non-hydrogen) atoms. The highest BCUT2D eigenvalue weighted by atomic mass is 35.5. The van der Waals surface area contributed by atoms with Crippen molar-refractivity contribution in [2.24, 2.45) is 0 Å². The Morgan fingerprint density at radius 3 is 2.93 bits per heavy atom. The quantitative estimate of drug-likeness (QED) is 0.319. The monoisotopic (exact) mass is 437 g/mol. The molecule has 0 spiro atoms. The predicted molar refractivity (Wildman–Crippen MR) is 122 cm³/mol. The van der Waals surface area contributed by atoms with Crippen molar-refractivity contribution in [2.45, 2.75) is 69.8 Å². The van der Waals surface area contributed by atoms with Crippen LogP contribution in [0.4, 0.5) is 0 Å². The number of ether oxygens (including phenoxy) is 1. The van der Waals surface area contributed by atoms with Gasteiger partial charge in [0.25, 0.3) is 5.56 Å². The van der Waals surface area contributed by atoms with E-state index in [-0.39, 0.29) is 11.7 Å². The summed E-state index contributed by atoms with van der Waals surface area (Å²) in [7, 11) is 2.22. The number of nitrogens with zero attached hydrogens (tertiary/aromatic N) is 3. The minimum absolute atomic E-state index is 0.00787. The second-order valence-corrected chi connectivity index (χ2v) is 9.55. The van der Waals surface area contributed by atoms with Crippen molar-refractivity contribution in [3.8, 4) is 0 Å². The number of benzene rings is 1. The normalized spacial score (nSPS) is 18.0. The number of halogens is 1. The van der Waals surface area contributed by atoms with Gasteiger partial charge in [0.1, 0.15) is 0 Å². The second-order valence-electron chi connectivity index (χ2n) is 8.05. The lowest BCUT2D eigenvalue weighted by molar-refractivity contribution is 0.0743. The Kier molecular flexibility index (Phi) is 8.42. The molecule has 0 saturated carbocycles. The fourth-order valence-corrected chi connectivity index (χ4v) is 5.05. The van der Waals surface area contributed by atoms with Crippen LogP contribution in [0.3, 0.4) is 0 Å². The Hall–Kier alpha value is -1.08. The molecular weight excluding hydrogens is 406 g/mol. The average Bonchev–Trinajstić information content (AvgIpc) is 2.68. The van der Waals surface area contributed by atoms with Crippen LogP contribution in [0.15, 0.2) is 28.2 Å². The van der Waals surface area contributed by atoms with E-state index in [1.165, 1.54) is 25.8 Å². The highest BCUT2D eigenvalue weighted by Gasteiger charge is 2.19. The minimum atomic E-state index is 0.00787. The number of piperidine rings is 1. The van der Waals surface area contributed by atoms with Crippen molar-refractivity contribution in [1.29, 1.82) is 0 Å². The van der Waals surface area contributed by atoms with Crippen LogP contribution in [0.1, 0.15) is 46.0 Å². The Balaban J connectivity index is 1.76. The molecule has 1 unspecified atom stereocenters. The first-order valence-corrected chi connectivity index (χ1v) is 12.0. The van der Waals surface area contributed by atoms with Gasteiger partial charge in [0.15, 0.2) is 5.16 Å². The van der Waals surface area contributed by atoms with E-state index in [0.29, 0.717) is 35.1 Å². The van der Waals surface area contributed by atoms with Gasteiger partial charge in [-0.05, 0) is 71.3 Å². The molecule has 5 nitrogen and oxygen atoms in total. The molecule has 2 aromatic rings. The first-order chi connectivity index (χ1) is 14.0. The molecule has 0 amide bonds. The maximum absolute atomic E-state index is 13.1. The molecule has 3 rings (SSSR count). The largest absolute Gasteiger partial charge is 0.379 e. The summed E-state index contributed by atoms with van der Waals surface area (Å²) in [6.45, 7) is 6.49. The lowest BCUT2D eigenvalue weighted by Gasteiger charge is -2.32. The summed E-state index contributed by atoms with van der Waals surface area (Å²) >= 11 is 7.82. The molecule has 7 heteroatoms. The standard InChI is InChI=1S/C22H32ClN3O2S/c1-16(2)28-13-6-12-26-21(27)19-9-8-17(23)15-20(19)24-22(26)29-14-10-18-7-4-5-11-25(18)3/h8-9,15-16,18H,4-7,10-14H2,1-3H3. The number of thioether (sulfide) groups is 1. The molecular formula is C22H32ClN3O2S. The van der Waals surface area contributed by atoms with Gasteiger partial charge in [-0.15, -0.1) is 0 Å². The highest BCUT2D eigenvalue weighted by Crippen LogP contribution is 2.24. The molecule has 1 aliphatic rings. The molecule has 1 atom stereocenters. The molecule has 1 fully saturated rings. The van der Waals surface area contributed by atoms with Crippen LogP contribution < -0.4 is 5.56 Å². The van der Waals surface area contributed by atoms with Gasteiger partial charge >= 0.3 is 0 Å². The van der Waals surface area contributed by atoms with Gasteiger partial charge in [0.05, 0.1) is 17.0 Å². The zero-order valence-corrected chi connectivity index (χ0v) is 19.3. The average molecular weight is 438 g/mol. The smallest absolute Gasteiger partial charge is 0.262 e. The van der Waals surface area contributed by atoms with Gasteiger partial charge in [0.2, 0.25) is 0 Å². The van der Waals surface area contributed by atoms with Crippen molar-refractivity contribution in [1.82, 2.24) is 14.5 Å². The molecule has 1 saturated heterocycles. The number of fused-ring (bicyclic) bond motifs is 1. The van der Waals surface area contributed by atoms with E-state index < -0.39 is 0 Å². The van der Waals surface area contributed by atoms with Crippen molar-refractivity contribution >= 4 is 34.3 Å². The zero-order chi connectivity index (χ0) is 20.8. The molecule has 1 aromatic heterocycles. The number of hydrogen-bond acceptors (Lipinski definition) is 5. The van der Waals surface area contributed by atoms with Crippen LogP contribution in [0, 0.1) is 0 Å². The van der Waals surface area contributed by atoms with Crippen LogP contribution in [0.2, 0.25) is 5.02 Å². The van der Waals surface area contributed by atoms with Crippen LogP contribution in [-0.2, 0) is 11.3 Å². The molecule has 0 N–H and O–H groups in total. The fraction of sp³-hybridized carbons (Fsp3) is 0.636. The summed E-state index contributed by atoms with van der Waals surface area (Å²) in [5.74, 6) is 0.954. The molecule has 0 bridgehead atoms. The molecule has 0 aliphatic carbocycles. The SMILES string of the molecule is CC(C)OCCCn1c(SCCC2CCCCN2C)nc2cc(Cl)ccc2c1=O. The van der Waals surface area contributed by atoms with Crippen molar-refractivity contribution in [3.05, 3.63) is 33.6 Å². The zero-order valence-electron chi connectivity index (χ0n) is 17.7. The van der Waals surface area contributed by atoms with Crippen LogP contribution in [0.25, 0.3) is 10.9 Å². The van der Waals surface area contributed by atoms with Gasteiger partial charge < -0.3 is 9.64 Å². The Morgan fingerprint density at radius 1 is 1.34 bits per heavy atom. The maximum atomic E-state index is 13.1. The lowest BCUT2D eigenvalue weighted by atomic mass is 10.0. The van der Waals surface area contributed by atoms with Gasteiger partial charge in [-0.2, -0.15) is 0 Å². The number of aromatic nitrogens is 2. The van der Waals surface area contributed by atoms with E-state index in [2.05, 4.69) is 11.9 Å². The molecule has 0 radical (unpaired) electrons. The van der Waals surface area contributed by atoms with E-state index in [0.717, 1.165) is 23.8 Å². The Morgan fingerprint density at radius 2 is 2.17 bits per heavy atom. The topological polar surface area (TPSA) is 47.4 Å². The summed E-state index contributed by atoms with van der Waals surface area (Å²) in [4.78, 5) is 20.4. The summed E-state index contributed by atoms with van der Waals surface area (Å²) in [5.41, 5.74) is 0.683. The highest BCUT2D eigenvalue weighted by molar-refractivity contribution is 7.99. The van der Waals surface area contributed by atoms with E-state index in [1.54, 1.807) is 30.0 Å². The molecule has 160 valence electrons. The molecule has 2 heterocycles. The van der Waals surface area contributed by atoms with E-state index in [9.17, 15) is 4.79 Å². The lowest BCUT2D eigenvalue weighted by Crippen LogP contribution is -2.36. The van der Waals surface area contributed by atoms with E-state index in [1.807, 2.05) is 18.4 Å². The van der Waals surface area contributed by atoms with Gasteiger partial charge in [-0.1, -0.05) is 29.8 Å². The fourth-order valence-electron chi connectivity index (χ4n) is 3.82. The predicted octanol–water partition coefficient (Wildman–Crippen LogP) is 4.83. The third-order valence-corrected chi connectivity index (χ3v) is 6.71. The maximum Gasteiger partial charge on any atom is 0.262 e. The molecule has 1 aliphatic heterocycles. The number of likely N-dealkylation sites (tertiary alicyclic amines) is 1. The van der Waals surface area contributed by atoms with E-state index in [4.69, 9.17) is 21.3 Å². The summed E-state index contributed by atoms with van der Waals surface area (Å²) in [6, 6.07) is 5.94. The van der Waals surface area contributed by atoms with Crippen LogP contribution in [-0.4, -0.2) is 52.5 Å². The first kappa shape index (κ1) is 22.6. The van der Waals surface area contributed by atoms with Gasteiger partial charge in [-0.3, -0.25) is 9.36 Å². The Labute approximate surface area is 182 Å². The van der Waals surface area contributed by atoms with Crippen molar-refractivity contribution in [2.75, 3.05) is 26.0 Å². The summed E-state index contributed by atoms with van der Waals surface area (Å²) in [5, 5.41) is 2.01. The van der Waals surface area contributed by atoms with Crippen LogP contribution >= 0.6 is 23.4 Å². The molecule has 1 aromatic carbocycles. The number of rotatable bonds is 9. The van der Waals surface area contributed by atoms with E-state index >= 15 is 0 Å². The summed E-state index contributed by atoms with van der Waals surface area (Å²) in [6.07, 6.45) is 5.97. The third-order valence-electron chi connectivity index (χ3n) is 5.46. The second kappa shape index (κ2) is 10.8.